The molecule has 1 atom stereocenters. The van der Waals surface area contributed by atoms with Gasteiger partial charge < -0.3 is 5.73 Å². The lowest BCUT2D eigenvalue weighted by atomic mass is 10.2. The van der Waals surface area contributed by atoms with E-state index in [2.05, 4.69) is 10.3 Å². The van der Waals surface area contributed by atoms with Crippen molar-refractivity contribution >= 4 is 22.9 Å². The third kappa shape index (κ3) is 2.40. The topological polar surface area (TPSA) is 56.7 Å². The number of rotatable bonds is 3. The van der Waals surface area contributed by atoms with Gasteiger partial charge >= 0.3 is 0 Å². The maximum Gasteiger partial charge on any atom is 0.0931 e. The maximum atomic E-state index is 6.26. The monoisotopic (exact) mass is 290 g/mol. The molecule has 0 radical (unpaired) electrons. The zero-order valence-corrected chi connectivity index (χ0v) is 11.5. The molecule has 3 aromatic rings. The number of halogens is 1. The summed E-state index contributed by atoms with van der Waals surface area (Å²) in [5.41, 5.74) is 8.04. The number of hydrogen-bond acceptors (Lipinski definition) is 4. The Hall–Kier alpha value is -1.69. The van der Waals surface area contributed by atoms with E-state index in [1.165, 1.54) is 11.3 Å². The first-order valence-electron chi connectivity index (χ1n) is 5.72. The molecular formula is C13H11ClN4S. The van der Waals surface area contributed by atoms with Gasteiger partial charge in [0.15, 0.2) is 0 Å². The quantitative estimate of drug-likeness (QED) is 0.806. The fourth-order valence-electron chi connectivity index (χ4n) is 1.87. The molecule has 4 nitrogen and oxygen atoms in total. The normalized spacial score (nSPS) is 12.5. The average Bonchev–Trinajstić information content (AvgIpc) is 3.07. The summed E-state index contributed by atoms with van der Waals surface area (Å²) in [4.78, 5) is 0.990. The summed E-state index contributed by atoms with van der Waals surface area (Å²) >= 11 is 7.42. The highest BCUT2D eigenvalue weighted by molar-refractivity contribution is 7.16. The van der Waals surface area contributed by atoms with E-state index in [-0.39, 0.29) is 6.04 Å². The van der Waals surface area contributed by atoms with Crippen LogP contribution in [0.5, 0.6) is 0 Å². The molecule has 0 saturated heterocycles. The Bertz CT molecular complexity index is 677. The molecule has 0 amide bonds. The van der Waals surface area contributed by atoms with E-state index in [9.17, 15) is 0 Å². The van der Waals surface area contributed by atoms with Gasteiger partial charge in [0, 0.05) is 4.88 Å². The molecule has 1 aromatic carbocycles. The van der Waals surface area contributed by atoms with E-state index >= 15 is 0 Å². The second kappa shape index (κ2) is 5.13. The van der Waals surface area contributed by atoms with Crippen molar-refractivity contribution in [3.63, 3.8) is 0 Å². The maximum absolute atomic E-state index is 6.26. The van der Waals surface area contributed by atoms with Gasteiger partial charge in [-0.2, -0.15) is 0 Å². The fourth-order valence-corrected chi connectivity index (χ4v) is 2.94. The molecule has 0 fully saturated rings. The van der Waals surface area contributed by atoms with E-state index in [1.807, 2.05) is 42.5 Å². The van der Waals surface area contributed by atoms with Crippen LogP contribution >= 0.6 is 22.9 Å². The van der Waals surface area contributed by atoms with Crippen molar-refractivity contribution in [2.75, 3.05) is 0 Å². The van der Waals surface area contributed by atoms with Gasteiger partial charge in [-0.25, -0.2) is 4.68 Å². The second-order valence-corrected chi connectivity index (χ2v) is 5.77. The van der Waals surface area contributed by atoms with Gasteiger partial charge in [0.05, 0.1) is 28.0 Å². The Morgan fingerprint density at radius 1 is 1.16 bits per heavy atom. The number of aromatic nitrogens is 3. The van der Waals surface area contributed by atoms with Crippen molar-refractivity contribution in [1.29, 1.82) is 0 Å². The van der Waals surface area contributed by atoms with Crippen molar-refractivity contribution < 1.29 is 0 Å². The third-order valence-electron chi connectivity index (χ3n) is 2.80. The minimum atomic E-state index is -0.285. The van der Waals surface area contributed by atoms with Crippen LogP contribution in [0.4, 0.5) is 0 Å². The standard InChI is InChI=1S/C13H11ClN4S/c14-12-7-6-11(19-12)13(15)10-8-16-17-18(10)9-4-2-1-3-5-9/h1-8,13H,15H2. The lowest BCUT2D eigenvalue weighted by Gasteiger charge is -2.11. The van der Waals surface area contributed by atoms with Crippen molar-refractivity contribution in [1.82, 2.24) is 15.0 Å². The van der Waals surface area contributed by atoms with Crippen molar-refractivity contribution in [2.45, 2.75) is 6.04 Å². The zero-order valence-electron chi connectivity index (χ0n) is 9.90. The van der Waals surface area contributed by atoms with Crippen LogP contribution in [-0.4, -0.2) is 15.0 Å². The van der Waals surface area contributed by atoms with Gasteiger partial charge in [-0.05, 0) is 24.3 Å². The average molecular weight is 291 g/mol. The predicted molar refractivity (Wildman–Crippen MR) is 76.7 cm³/mol. The highest BCUT2D eigenvalue weighted by Gasteiger charge is 2.17. The van der Waals surface area contributed by atoms with Crippen LogP contribution in [0.15, 0.2) is 48.7 Å². The number of nitrogens with zero attached hydrogens (tertiary/aromatic N) is 3. The Morgan fingerprint density at radius 2 is 1.95 bits per heavy atom. The number of para-hydroxylation sites is 1. The molecule has 2 N–H and O–H groups in total. The van der Waals surface area contributed by atoms with E-state index in [0.29, 0.717) is 0 Å². The van der Waals surface area contributed by atoms with Crippen LogP contribution in [-0.2, 0) is 0 Å². The molecular weight excluding hydrogens is 280 g/mol. The molecule has 1 unspecified atom stereocenters. The smallest absolute Gasteiger partial charge is 0.0931 e. The summed E-state index contributed by atoms with van der Waals surface area (Å²) < 4.78 is 2.47. The lowest BCUT2D eigenvalue weighted by molar-refractivity contribution is 0.726. The first kappa shape index (κ1) is 12.3. The van der Waals surface area contributed by atoms with E-state index in [0.717, 1.165) is 20.6 Å². The third-order valence-corrected chi connectivity index (χ3v) is 4.11. The molecule has 0 saturated carbocycles. The molecule has 0 aliphatic rings. The first-order valence-corrected chi connectivity index (χ1v) is 6.92. The summed E-state index contributed by atoms with van der Waals surface area (Å²) in [6, 6.07) is 13.3. The van der Waals surface area contributed by atoms with Crippen molar-refractivity contribution in [2.24, 2.45) is 5.73 Å². The molecule has 2 heterocycles. The van der Waals surface area contributed by atoms with Gasteiger partial charge in [0.1, 0.15) is 0 Å². The summed E-state index contributed by atoms with van der Waals surface area (Å²) in [5.74, 6) is 0. The van der Waals surface area contributed by atoms with E-state index in [1.54, 1.807) is 10.9 Å². The Labute approximate surface area is 119 Å². The first-order chi connectivity index (χ1) is 9.25. The SMILES string of the molecule is NC(c1ccc(Cl)s1)c1cnnn1-c1ccccc1. The van der Waals surface area contributed by atoms with Gasteiger partial charge in [-0.1, -0.05) is 35.0 Å². The zero-order chi connectivity index (χ0) is 13.2. The van der Waals surface area contributed by atoms with E-state index < -0.39 is 0 Å². The molecule has 19 heavy (non-hydrogen) atoms. The summed E-state index contributed by atoms with van der Waals surface area (Å²) in [5, 5.41) is 8.05. The Balaban J connectivity index is 2.01. The van der Waals surface area contributed by atoms with Crippen molar-refractivity contribution in [3.05, 3.63) is 63.6 Å². The van der Waals surface area contributed by atoms with Crippen LogP contribution in [0.25, 0.3) is 5.69 Å². The van der Waals surface area contributed by atoms with E-state index in [4.69, 9.17) is 17.3 Å². The minimum absolute atomic E-state index is 0.285. The molecule has 0 bridgehead atoms. The van der Waals surface area contributed by atoms with Gasteiger partial charge in [-0.15, -0.1) is 16.4 Å². The molecule has 0 aliphatic carbocycles. The highest BCUT2D eigenvalue weighted by Crippen LogP contribution is 2.29. The Kier molecular flexibility index (Phi) is 3.33. The van der Waals surface area contributed by atoms with Crippen LogP contribution in [0.3, 0.4) is 0 Å². The summed E-state index contributed by atoms with van der Waals surface area (Å²) in [7, 11) is 0. The van der Waals surface area contributed by atoms with Gasteiger partial charge in [-0.3, -0.25) is 0 Å². The largest absolute Gasteiger partial charge is 0.318 e. The summed E-state index contributed by atoms with van der Waals surface area (Å²) in [6.07, 6.45) is 1.69. The fraction of sp³-hybridized carbons (Fsp3) is 0.0769. The molecule has 96 valence electrons. The van der Waals surface area contributed by atoms with Crippen LogP contribution in [0.2, 0.25) is 4.34 Å². The number of benzene rings is 1. The van der Waals surface area contributed by atoms with Gasteiger partial charge in [0.25, 0.3) is 0 Å². The summed E-state index contributed by atoms with van der Waals surface area (Å²) in [6.45, 7) is 0. The van der Waals surface area contributed by atoms with Gasteiger partial charge in [0.2, 0.25) is 0 Å². The second-order valence-electron chi connectivity index (χ2n) is 4.03. The lowest BCUT2D eigenvalue weighted by Crippen LogP contribution is -2.15. The molecule has 0 spiro atoms. The van der Waals surface area contributed by atoms with Crippen LogP contribution in [0.1, 0.15) is 16.6 Å². The van der Waals surface area contributed by atoms with Crippen molar-refractivity contribution in [3.8, 4) is 5.69 Å². The predicted octanol–water partition coefficient (Wildman–Crippen LogP) is 3.03. The van der Waals surface area contributed by atoms with Crippen LogP contribution < -0.4 is 5.73 Å². The number of nitrogens with two attached hydrogens (primary N) is 1. The number of thiophene rings is 1. The Morgan fingerprint density at radius 3 is 2.63 bits per heavy atom. The molecule has 6 heteroatoms. The van der Waals surface area contributed by atoms with Crippen LogP contribution in [0, 0.1) is 0 Å². The minimum Gasteiger partial charge on any atom is -0.318 e. The molecule has 3 rings (SSSR count). The highest BCUT2D eigenvalue weighted by atomic mass is 35.5. The number of hydrogen-bond donors (Lipinski definition) is 1. The molecule has 2 aromatic heterocycles. The molecule has 0 aliphatic heterocycles.